The monoisotopic (exact) mass is 226 g/mol. The van der Waals surface area contributed by atoms with Crippen LogP contribution in [-0.2, 0) is 4.79 Å². The number of carbonyl (C=O) groups excluding carboxylic acids is 1. The Morgan fingerprint density at radius 1 is 1.38 bits per heavy atom. The van der Waals surface area contributed by atoms with Gasteiger partial charge < -0.3 is 5.11 Å². The lowest BCUT2D eigenvalue weighted by Crippen LogP contribution is -2.15. The van der Waals surface area contributed by atoms with E-state index >= 15 is 0 Å². The Labute approximate surface area is 99.7 Å². The molecule has 2 nitrogen and oxygen atoms in total. The van der Waals surface area contributed by atoms with Crippen LogP contribution in [0.4, 0.5) is 0 Å². The van der Waals surface area contributed by atoms with E-state index in [0.29, 0.717) is 12.3 Å². The van der Waals surface area contributed by atoms with Gasteiger partial charge in [0.05, 0.1) is 6.10 Å². The van der Waals surface area contributed by atoms with Gasteiger partial charge in [0.1, 0.15) is 5.78 Å². The molecule has 0 aliphatic carbocycles. The van der Waals surface area contributed by atoms with Crippen molar-refractivity contribution in [3.8, 4) is 0 Å². The van der Waals surface area contributed by atoms with Gasteiger partial charge in [0, 0.05) is 6.42 Å². The van der Waals surface area contributed by atoms with E-state index in [1.54, 1.807) is 0 Å². The van der Waals surface area contributed by atoms with Crippen molar-refractivity contribution in [2.24, 2.45) is 5.92 Å². The van der Waals surface area contributed by atoms with Crippen LogP contribution >= 0.6 is 0 Å². The zero-order valence-electron chi connectivity index (χ0n) is 11.1. The first kappa shape index (κ1) is 15.4. The third-order valence-electron chi connectivity index (χ3n) is 2.91. The predicted octanol–water partition coefficient (Wildman–Crippen LogP) is 3.49. The van der Waals surface area contributed by atoms with E-state index in [4.69, 9.17) is 0 Å². The fourth-order valence-electron chi connectivity index (χ4n) is 1.76. The van der Waals surface area contributed by atoms with Gasteiger partial charge in [-0.15, -0.1) is 0 Å². The zero-order valence-corrected chi connectivity index (χ0v) is 11.1. The predicted molar refractivity (Wildman–Crippen MR) is 68.4 cm³/mol. The van der Waals surface area contributed by atoms with Gasteiger partial charge in [-0.2, -0.15) is 0 Å². The van der Waals surface area contributed by atoms with Gasteiger partial charge >= 0.3 is 0 Å². The molecule has 0 aliphatic heterocycles. The summed E-state index contributed by atoms with van der Waals surface area (Å²) in [6.07, 6.45) is 6.13. The Bertz CT molecular complexity index is 231. The highest BCUT2D eigenvalue weighted by molar-refractivity contribution is 5.75. The molecule has 0 fully saturated rings. The van der Waals surface area contributed by atoms with Crippen molar-refractivity contribution in [1.82, 2.24) is 0 Å². The number of aliphatic hydroxyl groups is 1. The van der Waals surface area contributed by atoms with Gasteiger partial charge in [-0.05, 0) is 45.4 Å². The maximum atomic E-state index is 10.8. The van der Waals surface area contributed by atoms with Gasteiger partial charge in [0.2, 0.25) is 0 Å². The fraction of sp³-hybridized carbons (Fsp3) is 0.786. The Balaban J connectivity index is 3.73. The maximum Gasteiger partial charge on any atom is 0.132 e. The van der Waals surface area contributed by atoms with E-state index in [9.17, 15) is 9.90 Å². The largest absolute Gasteiger partial charge is 0.393 e. The molecule has 2 heteroatoms. The second-order valence-corrected chi connectivity index (χ2v) is 4.88. The van der Waals surface area contributed by atoms with Crippen LogP contribution in [-0.4, -0.2) is 17.0 Å². The summed E-state index contributed by atoms with van der Waals surface area (Å²) in [5.41, 5.74) is 1.43. The first-order valence-corrected chi connectivity index (χ1v) is 6.28. The molecule has 0 spiro atoms. The minimum Gasteiger partial charge on any atom is -0.393 e. The van der Waals surface area contributed by atoms with Crippen molar-refractivity contribution < 1.29 is 9.90 Å². The fourth-order valence-corrected chi connectivity index (χ4v) is 1.76. The first-order chi connectivity index (χ1) is 7.45. The van der Waals surface area contributed by atoms with Crippen molar-refractivity contribution >= 4 is 5.78 Å². The van der Waals surface area contributed by atoms with E-state index in [-0.39, 0.29) is 5.78 Å². The van der Waals surface area contributed by atoms with E-state index in [1.165, 1.54) is 12.5 Å². The molecule has 0 saturated heterocycles. The minimum atomic E-state index is -0.455. The highest BCUT2D eigenvalue weighted by Gasteiger charge is 2.11. The molecule has 0 heterocycles. The van der Waals surface area contributed by atoms with Gasteiger partial charge in [0.15, 0.2) is 0 Å². The molecule has 0 aromatic carbocycles. The number of allylic oxidation sites excluding steroid dienone is 2. The normalized spacial score (nSPS) is 15.9. The summed E-state index contributed by atoms with van der Waals surface area (Å²) < 4.78 is 0. The van der Waals surface area contributed by atoms with Crippen LogP contribution in [0.2, 0.25) is 0 Å². The smallest absolute Gasteiger partial charge is 0.132 e. The highest BCUT2D eigenvalue weighted by Crippen LogP contribution is 2.16. The quantitative estimate of drug-likeness (QED) is 0.643. The number of carbonyl (C=O) groups is 1. The summed E-state index contributed by atoms with van der Waals surface area (Å²) in [6.45, 7) is 7.97. The van der Waals surface area contributed by atoms with Gasteiger partial charge in [-0.25, -0.2) is 0 Å². The average Bonchev–Trinajstić information content (AvgIpc) is 2.15. The van der Waals surface area contributed by atoms with E-state index in [0.717, 1.165) is 25.7 Å². The third-order valence-corrected chi connectivity index (χ3v) is 2.91. The number of rotatable bonds is 8. The lowest BCUT2D eigenvalue weighted by atomic mass is 9.95. The molecule has 0 aliphatic rings. The molecule has 0 amide bonds. The van der Waals surface area contributed by atoms with Crippen molar-refractivity contribution in [2.45, 2.75) is 65.9 Å². The number of hydrogen-bond donors (Lipinski definition) is 1. The lowest BCUT2D eigenvalue weighted by Gasteiger charge is -2.14. The SMILES string of the molecule is CC/C(C)=C/CCC(C)CC(O)CC(C)=O. The van der Waals surface area contributed by atoms with E-state index in [2.05, 4.69) is 26.8 Å². The molecule has 16 heavy (non-hydrogen) atoms. The summed E-state index contributed by atoms with van der Waals surface area (Å²) in [5, 5.41) is 9.61. The number of aliphatic hydroxyl groups excluding tert-OH is 1. The molecular weight excluding hydrogens is 200 g/mol. The zero-order chi connectivity index (χ0) is 12.6. The summed E-state index contributed by atoms with van der Waals surface area (Å²) in [7, 11) is 0. The Morgan fingerprint density at radius 3 is 2.50 bits per heavy atom. The topological polar surface area (TPSA) is 37.3 Å². The molecule has 0 aromatic heterocycles. The van der Waals surface area contributed by atoms with Gasteiger partial charge in [0.25, 0.3) is 0 Å². The summed E-state index contributed by atoms with van der Waals surface area (Å²) >= 11 is 0. The molecule has 94 valence electrons. The first-order valence-electron chi connectivity index (χ1n) is 6.28. The highest BCUT2D eigenvalue weighted by atomic mass is 16.3. The molecule has 2 atom stereocenters. The van der Waals surface area contributed by atoms with E-state index in [1.807, 2.05) is 0 Å². The molecule has 0 saturated carbocycles. The Morgan fingerprint density at radius 2 is 2.00 bits per heavy atom. The second kappa shape index (κ2) is 8.51. The summed E-state index contributed by atoms with van der Waals surface area (Å²) in [5.74, 6) is 0.552. The van der Waals surface area contributed by atoms with Crippen LogP contribution in [0.5, 0.6) is 0 Å². The maximum absolute atomic E-state index is 10.8. The van der Waals surface area contributed by atoms with Crippen LogP contribution in [0.15, 0.2) is 11.6 Å². The molecule has 0 radical (unpaired) electrons. The van der Waals surface area contributed by atoms with Crippen molar-refractivity contribution in [1.29, 1.82) is 0 Å². The van der Waals surface area contributed by atoms with Crippen LogP contribution < -0.4 is 0 Å². The third kappa shape index (κ3) is 8.66. The Hall–Kier alpha value is -0.630. The summed E-state index contributed by atoms with van der Waals surface area (Å²) in [4.78, 5) is 10.8. The number of Topliss-reactive ketones (excluding diaryl/α,β-unsaturated/α-hetero) is 1. The van der Waals surface area contributed by atoms with E-state index < -0.39 is 6.10 Å². The molecule has 0 aromatic rings. The van der Waals surface area contributed by atoms with Crippen molar-refractivity contribution in [3.05, 3.63) is 11.6 Å². The number of ketones is 1. The molecule has 0 bridgehead atoms. The minimum absolute atomic E-state index is 0.0708. The van der Waals surface area contributed by atoms with Crippen molar-refractivity contribution in [3.63, 3.8) is 0 Å². The van der Waals surface area contributed by atoms with Crippen LogP contribution in [0, 0.1) is 5.92 Å². The second-order valence-electron chi connectivity index (χ2n) is 4.88. The van der Waals surface area contributed by atoms with Crippen LogP contribution in [0.25, 0.3) is 0 Å². The van der Waals surface area contributed by atoms with Crippen molar-refractivity contribution in [2.75, 3.05) is 0 Å². The number of hydrogen-bond acceptors (Lipinski definition) is 2. The molecule has 1 N–H and O–H groups in total. The van der Waals surface area contributed by atoms with Gasteiger partial charge in [-0.3, -0.25) is 4.79 Å². The van der Waals surface area contributed by atoms with Gasteiger partial charge in [-0.1, -0.05) is 25.5 Å². The Kier molecular flexibility index (Phi) is 8.18. The molecule has 2 unspecified atom stereocenters. The molecule has 0 rings (SSSR count). The molecular formula is C14H26O2. The lowest BCUT2D eigenvalue weighted by molar-refractivity contribution is -0.119. The van der Waals surface area contributed by atoms with Crippen LogP contribution in [0.3, 0.4) is 0 Å². The summed E-state index contributed by atoms with van der Waals surface area (Å²) in [6, 6.07) is 0. The van der Waals surface area contributed by atoms with Crippen LogP contribution in [0.1, 0.15) is 59.8 Å². The standard InChI is InChI=1S/C14H26O2/c1-5-11(2)7-6-8-12(3)9-14(16)10-13(4)15/h7,12,14,16H,5-6,8-10H2,1-4H3/b11-7+. The average molecular weight is 226 g/mol.